The maximum absolute atomic E-state index is 13.3. The Morgan fingerprint density at radius 3 is 2.53 bits per heavy atom. The van der Waals surface area contributed by atoms with Crippen LogP contribution in [-0.2, 0) is 26.2 Å². The zero-order chi connectivity index (χ0) is 25.9. The quantitative estimate of drug-likeness (QED) is 0.590. The summed E-state index contributed by atoms with van der Waals surface area (Å²) < 4.78 is 27.5. The minimum absolute atomic E-state index is 0.0643. The molecule has 2 amide bonds. The van der Waals surface area contributed by atoms with Crippen LogP contribution in [0.25, 0.3) is 0 Å². The molecule has 1 fully saturated rings. The van der Waals surface area contributed by atoms with Crippen LogP contribution in [0.4, 0.5) is 0 Å². The Balaban J connectivity index is 1.41. The van der Waals surface area contributed by atoms with E-state index in [4.69, 9.17) is 0 Å². The van der Waals surface area contributed by atoms with Gasteiger partial charge in [0.25, 0.3) is 10.0 Å². The van der Waals surface area contributed by atoms with E-state index in [0.29, 0.717) is 0 Å². The Morgan fingerprint density at radius 1 is 1.17 bits per heavy atom. The molecule has 0 aliphatic carbocycles. The van der Waals surface area contributed by atoms with Gasteiger partial charge in [0.2, 0.25) is 11.8 Å². The lowest BCUT2D eigenvalue weighted by atomic mass is 9.86. The number of carbonyl (C=O) groups is 2. The number of pyridine rings is 1. The van der Waals surface area contributed by atoms with Crippen LogP contribution >= 0.6 is 0 Å². The van der Waals surface area contributed by atoms with Gasteiger partial charge in [-0.15, -0.1) is 0 Å². The molecule has 192 valence electrons. The molecule has 2 aromatic rings. The highest BCUT2D eigenvalue weighted by molar-refractivity contribution is 7.89. The SMILES string of the molecule is Cc1ccc(S(=O)(=O)N2C=CNC(=O)[C@H]2CC(=O)N[C@@H]2CCN(Cc3ccncc3)C(C)(C)C2)cc1. The van der Waals surface area contributed by atoms with Gasteiger partial charge >= 0.3 is 0 Å². The van der Waals surface area contributed by atoms with Crippen molar-refractivity contribution >= 4 is 21.8 Å². The van der Waals surface area contributed by atoms with Gasteiger partial charge in [-0.2, -0.15) is 0 Å². The molecule has 1 saturated heterocycles. The molecule has 3 heterocycles. The first-order valence-corrected chi connectivity index (χ1v) is 13.5. The van der Waals surface area contributed by atoms with Gasteiger partial charge in [-0.25, -0.2) is 8.42 Å². The van der Waals surface area contributed by atoms with Gasteiger partial charge < -0.3 is 10.6 Å². The first-order chi connectivity index (χ1) is 17.1. The van der Waals surface area contributed by atoms with E-state index in [1.165, 1.54) is 30.1 Å². The first kappa shape index (κ1) is 25.8. The minimum Gasteiger partial charge on any atom is -0.353 e. The van der Waals surface area contributed by atoms with Crippen LogP contribution in [0, 0.1) is 6.92 Å². The van der Waals surface area contributed by atoms with E-state index in [0.717, 1.165) is 35.8 Å². The summed E-state index contributed by atoms with van der Waals surface area (Å²) in [5.41, 5.74) is 1.96. The van der Waals surface area contributed by atoms with Crippen molar-refractivity contribution in [2.45, 2.75) is 69.1 Å². The molecule has 10 heteroatoms. The van der Waals surface area contributed by atoms with E-state index in [1.54, 1.807) is 24.5 Å². The Hall–Kier alpha value is -3.24. The lowest BCUT2D eigenvalue weighted by Crippen LogP contribution is -2.56. The summed E-state index contributed by atoms with van der Waals surface area (Å²) in [7, 11) is -4.00. The van der Waals surface area contributed by atoms with Gasteiger partial charge in [0.15, 0.2) is 0 Å². The van der Waals surface area contributed by atoms with Crippen molar-refractivity contribution in [3.05, 3.63) is 72.3 Å². The van der Waals surface area contributed by atoms with E-state index in [1.807, 2.05) is 19.1 Å². The average molecular weight is 512 g/mol. The number of rotatable bonds is 7. The number of aryl methyl sites for hydroxylation is 1. The smallest absolute Gasteiger partial charge is 0.264 e. The Bertz CT molecular complexity index is 1230. The molecule has 36 heavy (non-hydrogen) atoms. The molecule has 4 rings (SSSR count). The predicted molar refractivity (Wildman–Crippen MR) is 136 cm³/mol. The number of aromatic nitrogens is 1. The summed E-state index contributed by atoms with van der Waals surface area (Å²) in [5, 5.41) is 5.57. The molecule has 1 aromatic heterocycles. The fourth-order valence-corrected chi connectivity index (χ4v) is 6.26. The van der Waals surface area contributed by atoms with Gasteiger partial charge in [-0.05, 0) is 63.4 Å². The number of amides is 2. The monoisotopic (exact) mass is 511 g/mol. The van der Waals surface area contributed by atoms with Gasteiger partial charge in [0.1, 0.15) is 6.04 Å². The lowest BCUT2D eigenvalue weighted by Gasteiger charge is -2.46. The number of sulfonamides is 1. The summed E-state index contributed by atoms with van der Waals surface area (Å²) in [5.74, 6) is -0.881. The summed E-state index contributed by atoms with van der Waals surface area (Å²) in [6.45, 7) is 7.78. The standard InChI is InChI=1S/C26H33N5O4S/c1-19-4-6-22(7-5-19)36(34,35)31-15-13-28-25(33)23(31)16-24(32)29-21-10-14-30(26(2,3)17-21)18-20-8-11-27-12-9-20/h4-9,11-13,15,21,23H,10,14,16-18H2,1-3H3,(H,28,33)(H,29,32)/t21-,23-/m1/s1. The van der Waals surface area contributed by atoms with Gasteiger partial charge in [0.05, 0.1) is 11.3 Å². The number of carbonyl (C=O) groups excluding carboxylic acids is 2. The number of piperidine rings is 1. The molecule has 0 spiro atoms. The topological polar surface area (TPSA) is 112 Å². The van der Waals surface area contributed by atoms with E-state index in [9.17, 15) is 18.0 Å². The van der Waals surface area contributed by atoms with Gasteiger partial charge in [-0.1, -0.05) is 17.7 Å². The number of likely N-dealkylation sites (tertiary alicyclic amines) is 1. The zero-order valence-corrected chi connectivity index (χ0v) is 21.7. The van der Waals surface area contributed by atoms with Crippen LogP contribution in [0.5, 0.6) is 0 Å². The Morgan fingerprint density at radius 2 is 1.86 bits per heavy atom. The predicted octanol–water partition coefficient (Wildman–Crippen LogP) is 2.30. The Kier molecular flexibility index (Phi) is 7.46. The van der Waals surface area contributed by atoms with Crippen LogP contribution in [-0.4, -0.2) is 58.6 Å². The maximum Gasteiger partial charge on any atom is 0.264 e. The molecule has 2 N–H and O–H groups in total. The van der Waals surface area contributed by atoms with Gasteiger partial charge in [-0.3, -0.25) is 23.8 Å². The second-order valence-corrected chi connectivity index (χ2v) is 11.9. The largest absolute Gasteiger partial charge is 0.353 e. The summed E-state index contributed by atoms with van der Waals surface area (Å²) >= 11 is 0. The number of hydrogen-bond donors (Lipinski definition) is 2. The van der Waals surface area contributed by atoms with Crippen molar-refractivity contribution in [1.82, 2.24) is 24.8 Å². The first-order valence-electron chi connectivity index (χ1n) is 12.1. The molecule has 2 atom stereocenters. The van der Waals surface area contributed by atoms with Crippen molar-refractivity contribution in [3.63, 3.8) is 0 Å². The third-order valence-electron chi connectivity index (χ3n) is 6.87. The third kappa shape index (κ3) is 5.76. The number of nitrogens with zero attached hydrogens (tertiary/aromatic N) is 3. The van der Waals surface area contributed by atoms with Crippen molar-refractivity contribution in [2.24, 2.45) is 0 Å². The fraction of sp³-hybridized carbons (Fsp3) is 0.423. The molecule has 0 unspecified atom stereocenters. The summed E-state index contributed by atoms with van der Waals surface area (Å²) in [4.78, 5) is 32.2. The molecule has 1 aromatic carbocycles. The summed E-state index contributed by atoms with van der Waals surface area (Å²) in [6.07, 6.45) is 7.40. The second kappa shape index (κ2) is 10.4. The molecule has 0 radical (unpaired) electrons. The maximum atomic E-state index is 13.3. The van der Waals surface area contributed by atoms with E-state index >= 15 is 0 Å². The van der Waals surface area contributed by atoms with Crippen LogP contribution in [0.15, 0.2) is 66.1 Å². The number of hydrogen-bond acceptors (Lipinski definition) is 6. The zero-order valence-electron chi connectivity index (χ0n) is 20.8. The lowest BCUT2D eigenvalue weighted by molar-refractivity contribution is -0.130. The number of nitrogens with one attached hydrogen (secondary N) is 2. The van der Waals surface area contributed by atoms with Gasteiger partial charge in [0, 0.05) is 49.5 Å². The van der Waals surface area contributed by atoms with Crippen molar-refractivity contribution < 1.29 is 18.0 Å². The fourth-order valence-electron chi connectivity index (χ4n) is 4.81. The van der Waals surface area contributed by atoms with E-state index in [2.05, 4.69) is 34.4 Å². The Labute approximate surface area is 212 Å². The highest BCUT2D eigenvalue weighted by Crippen LogP contribution is 2.29. The highest BCUT2D eigenvalue weighted by Gasteiger charge is 2.39. The van der Waals surface area contributed by atoms with Crippen molar-refractivity contribution in [2.75, 3.05) is 6.54 Å². The molecular formula is C26H33N5O4S. The number of benzene rings is 1. The molecule has 0 bridgehead atoms. The van der Waals surface area contributed by atoms with Crippen molar-refractivity contribution in [1.29, 1.82) is 0 Å². The highest BCUT2D eigenvalue weighted by atomic mass is 32.2. The van der Waals surface area contributed by atoms with E-state index in [-0.39, 0.29) is 28.8 Å². The van der Waals surface area contributed by atoms with Crippen LogP contribution in [0.1, 0.15) is 44.2 Å². The summed E-state index contributed by atoms with van der Waals surface area (Å²) in [6, 6.07) is 9.18. The molecular weight excluding hydrogens is 478 g/mol. The minimum atomic E-state index is -4.00. The van der Waals surface area contributed by atoms with E-state index < -0.39 is 22.0 Å². The van der Waals surface area contributed by atoms with Crippen LogP contribution < -0.4 is 10.6 Å². The van der Waals surface area contributed by atoms with Crippen LogP contribution in [0.2, 0.25) is 0 Å². The second-order valence-electron chi connectivity index (χ2n) is 10.0. The molecule has 9 nitrogen and oxygen atoms in total. The normalized spacial score (nSPS) is 22.2. The molecule has 2 aliphatic heterocycles. The van der Waals surface area contributed by atoms with Crippen molar-refractivity contribution in [3.8, 4) is 0 Å². The van der Waals surface area contributed by atoms with Crippen LogP contribution in [0.3, 0.4) is 0 Å². The average Bonchev–Trinajstić information content (AvgIpc) is 2.82. The third-order valence-corrected chi connectivity index (χ3v) is 8.67. The molecule has 0 saturated carbocycles. The molecule has 2 aliphatic rings.